The van der Waals surface area contributed by atoms with E-state index in [4.69, 9.17) is 4.98 Å². The highest BCUT2D eigenvalue weighted by molar-refractivity contribution is 7.18. The normalized spacial score (nSPS) is 18.1. The predicted octanol–water partition coefficient (Wildman–Crippen LogP) is 5.13. The molecule has 158 valence electrons. The lowest BCUT2D eigenvalue weighted by Gasteiger charge is -2.33. The van der Waals surface area contributed by atoms with Crippen molar-refractivity contribution in [2.45, 2.75) is 38.6 Å². The minimum atomic E-state index is -0.244. The second-order valence-corrected chi connectivity index (χ2v) is 9.42. The molecule has 2 aromatic carbocycles. The molecule has 0 spiro atoms. The van der Waals surface area contributed by atoms with Crippen molar-refractivity contribution in [1.82, 2.24) is 15.2 Å². The van der Waals surface area contributed by atoms with Crippen LogP contribution in [-0.2, 0) is 4.79 Å². The van der Waals surface area contributed by atoms with Crippen molar-refractivity contribution in [1.29, 1.82) is 0 Å². The highest BCUT2D eigenvalue weighted by Crippen LogP contribution is 2.33. The number of fused-ring (bicyclic) bond motifs is 1. The summed E-state index contributed by atoms with van der Waals surface area (Å²) in [7, 11) is 0. The van der Waals surface area contributed by atoms with Crippen LogP contribution in [0.3, 0.4) is 0 Å². The lowest BCUT2D eigenvalue weighted by atomic mass is 9.96. The molecular formula is C24H28FN3OS. The van der Waals surface area contributed by atoms with Crippen molar-refractivity contribution in [2.24, 2.45) is 5.92 Å². The Hall–Kier alpha value is -2.31. The monoisotopic (exact) mass is 425 g/mol. The molecule has 6 heteroatoms. The van der Waals surface area contributed by atoms with Crippen LogP contribution in [0.15, 0.2) is 48.5 Å². The number of rotatable bonds is 6. The number of likely N-dealkylation sites (tertiary alicyclic amines) is 1. The summed E-state index contributed by atoms with van der Waals surface area (Å²) >= 11 is 1.74. The first kappa shape index (κ1) is 20.9. The smallest absolute Gasteiger partial charge is 0.236 e. The molecule has 0 radical (unpaired) electrons. The molecule has 4 rings (SSSR count). The Bertz CT molecular complexity index is 968. The molecular weight excluding hydrogens is 397 g/mol. The number of halogens is 1. The Labute approximate surface area is 181 Å². The molecule has 1 aliphatic rings. The van der Waals surface area contributed by atoms with Gasteiger partial charge < -0.3 is 10.2 Å². The number of para-hydroxylation sites is 1. The van der Waals surface area contributed by atoms with Crippen LogP contribution in [0, 0.1) is 11.7 Å². The summed E-state index contributed by atoms with van der Waals surface area (Å²) in [4.78, 5) is 19.7. The number of carbonyl (C=O) groups is 1. The number of benzene rings is 2. The van der Waals surface area contributed by atoms with Crippen LogP contribution in [0.4, 0.5) is 4.39 Å². The van der Waals surface area contributed by atoms with Crippen molar-refractivity contribution in [3.8, 4) is 0 Å². The van der Waals surface area contributed by atoms with Crippen LogP contribution in [0.25, 0.3) is 10.2 Å². The minimum absolute atomic E-state index is 0.0133. The Balaban J connectivity index is 1.39. The average molecular weight is 426 g/mol. The van der Waals surface area contributed by atoms with Crippen LogP contribution in [0.5, 0.6) is 0 Å². The molecule has 4 nitrogen and oxygen atoms in total. The quantitative estimate of drug-likeness (QED) is 0.596. The fourth-order valence-corrected chi connectivity index (χ4v) is 5.28. The lowest BCUT2D eigenvalue weighted by molar-refractivity contribution is -0.131. The third kappa shape index (κ3) is 4.71. The minimum Gasteiger partial charge on any atom is -0.341 e. The van der Waals surface area contributed by atoms with Gasteiger partial charge in [-0.2, -0.15) is 0 Å². The summed E-state index contributed by atoms with van der Waals surface area (Å²) in [6.45, 7) is 6.02. The molecule has 1 amide bonds. The van der Waals surface area contributed by atoms with Crippen molar-refractivity contribution >= 4 is 27.5 Å². The third-order valence-electron chi connectivity index (χ3n) is 5.80. The van der Waals surface area contributed by atoms with Gasteiger partial charge in [0.15, 0.2) is 0 Å². The van der Waals surface area contributed by atoms with Gasteiger partial charge >= 0.3 is 0 Å². The van der Waals surface area contributed by atoms with E-state index in [0.717, 1.165) is 42.0 Å². The van der Waals surface area contributed by atoms with Gasteiger partial charge in [-0.25, -0.2) is 9.37 Å². The first-order valence-corrected chi connectivity index (χ1v) is 11.4. The van der Waals surface area contributed by atoms with Gasteiger partial charge in [-0.15, -0.1) is 11.3 Å². The number of hydrogen-bond donors (Lipinski definition) is 1. The molecule has 0 aliphatic carbocycles. The molecule has 2 heterocycles. The van der Waals surface area contributed by atoms with Crippen molar-refractivity contribution in [2.75, 3.05) is 19.6 Å². The van der Waals surface area contributed by atoms with E-state index in [1.165, 1.54) is 16.8 Å². The van der Waals surface area contributed by atoms with E-state index in [2.05, 4.69) is 25.2 Å². The number of nitrogens with zero attached hydrogens (tertiary/aromatic N) is 2. The molecule has 3 aromatic rings. The SMILES string of the molecule is CC(C)[C@H](NCC(=O)N1CCC[C@@H](c2nc3ccccc3s2)C1)c1ccc(F)cc1. The zero-order valence-corrected chi connectivity index (χ0v) is 18.3. The zero-order chi connectivity index (χ0) is 21.1. The molecule has 1 N–H and O–H groups in total. The number of hydrogen-bond acceptors (Lipinski definition) is 4. The predicted molar refractivity (Wildman–Crippen MR) is 120 cm³/mol. The Morgan fingerprint density at radius 3 is 2.73 bits per heavy atom. The topological polar surface area (TPSA) is 45.2 Å². The maximum atomic E-state index is 13.3. The molecule has 30 heavy (non-hydrogen) atoms. The number of amides is 1. The summed E-state index contributed by atoms with van der Waals surface area (Å²) in [5.74, 6) is 0.471. The fourth-order valence-electron chi connectivity index (χ4n) is 4.19. The van der Waals surface area contributed by atoms with E-state index in [-0.39, 0.29) is 24.3 Å². The van der Waals surface area contributed by atoms with Crippen LogP contribution in [-0.4, -0.2) is 35.4 Å². The van der Waals surface area contributed by atoms with E-state index in [9.17, 15) is 9.18 Å². The molecule has 1 aromatic heterocycles. The molecule has 2 atom stereocenters. The van der Waals surface area contributed by atoms with Crippen molar-refractivity contribution in [3.63, 3.8) is 0 Å². The highest BCUT2D eigenvalue weighted by Gasteiger charge is 2.27. The molecule has 0 unspecified atom stereocenters. The second kappa shape index (κ2) is 9.23. The standard InChI is InChI=1S/C24H28FN3OS/c1-16(2)23(17-9-11-19(25)12-10-17)26-14-22(29)28-13-5-6-18(15-28)24-27-20-7-3-4-8-21(20)30-24/h3-4,7-12,16,18,23,26H,5-6,13-15H2,1-2H3/t18-,23+/m1/s1. The van der Waals surface area contributed by atoms with Crippen molar-refractivity contribution in [3.05, 3.63) is 64.9 Å². The van der Waals surface area contributed by atoms with Gasteiger partial charge in [-0.1, -0.05) is 38.1 Å². The maximum Gasteiger partial charge on any atom is 0.236 e. The largest absolute Gasteiger partial charge is 0.341 e. The summed E-state index contributed by atoms with van der Waals surface area (Å²) in [6, 6.07) is 14.8. The van der Waals surface area contributed by atoms with Gasteiger partial charge in [0.25, 0.3) is 0 Å². The second-order valence-electron chi connectivity index (χ2n) is 8.35. The fraction of sp³-hybridized carbons (Fsp3) is 0.417. The summed E-state index contributed by atoms with van der Waals surface area (Å²) in [5.41, 5.74) is 2.05. The van der Waals surface area contributed by atoms with Gasteiger partial charge in [-0.3, -0.25) is 4.79 Å². The Kier molecular flexibility index (Phi) is 6.44. The van der Waals surface area contributed by atoms with E-state index >= 15 is 0 Å². The average Bonchev–Trinajstić information content (AvgIpc) is 3.19. The molecule has 0 bridgehead atoms. The summed E-state index contributed by atoms with van der Waals surface area (Å²) in [6.07, 6.45) is 2.07. The van der Waals surface area contributed by atoms with E-state index in [1.807, 2.05) is 23.1 Å². The lowest BCUT2D eigenvalue weighted by Crippen LogP contribution is -2.44. The summed E-state index contributed by atoms with van der Waals surface area (Å²) < 4.78 is 14.5. The number of carbonyl (C=O) groups excluding carboxylic acids is 1. The first-order valence-electron chi connectivity index (χ1n) is 10.6. The van der Waals surface area contributed by atoms with Gasteiger partial charge in [0, 0.05) is 25.0 Å². The van der Waals surface area contributed by atoms with Crippen molar-refractivity contribution < 1.29 is 9.18 Å². The maximum absolute atomic E-state index is 13.3. The number of thiazole rings is 1. The van der Waals surface area contributed by atoms with Crippen LogP contribution < -0.4 is 5.32 Å². The number of aromatic nitrogens is 1. The van der Waals surface area contributed by atoms with Crippen LogP contribution in [0.1, 0.15) is 49.2 Å². The Morgan fingerprint density at radius 1 is 1.23 bits per heavy atom. The molecule has 1 fully saturated rings. The number of piperidine rings is 1. The third-order valence-corrected chi connectivity index (χ3v) is 7.00. The Morgan fingerprint density at radius 2 is 2.00 bits per heavy atom. The van der Waals surface area contributed by atoms with E-state index in [1.54, 1.807) is 23.5 Å². The van der Waals surface area contributed by atoms with Gasteiger partial charge in [0.1, 0.15) is 5.82 Å². The molecule has 1 saturated heterocycles. The van der Waals surface area contributed by atoms with Gasteiger partial charge in [0.05, 0.1) is 21.8 Å². The number of nitrogens with one attached hydrogen (secondary N) is 1. The highest BCUT2D eigenvalue weighted by atomic mass is 32.1. The first-order chi connectivity index (χ1) is 14.5. The van der Waals surface area contributed by atoms with Crippen LogP contribution >= 0.6 is 11.3 Å². The molecule has 1 aliphatic heterocycles. The summed E-state index contributed by atoms with van der Waals surface area (Å²) in [5, 5.41) is 4.53. The van der Waals surface area contributed by atoms with Crippen LogP contribution in [0.2, 0.25) is 0 Å². The van der Waals surface area contributed by atoms with Gasteiger partial charge in [-0.05, 0) is 48.6 Å². The molecule has 0 saturated carbocycles. The van der Waals surface area contributed by atoms with Gasteiger partial charge in [0.2, 0.25) is 5.91 Å². The van der Waals surface area contributed by atoms with E-state index in [0.29, 0.717) is 11.8 Å². The zero-order valence-electron chi connectivity index (χ0n) is 17.5. The van der Waals surface area contributed by atoms with E-state index < -0.39 is 0 Å².